The first kappa shape index (κ1) is 13.6. The maximum absolute atomic E-state index is 11.7. The summed E-state index contributed by atoms with van der Waals surface area (Å²) in [6, 6.07) is -1.37. The van der Waals surface area contributed by atoms with Gasteiger partial charge in [-0.1, -0.05) is 0 Å². The van der Waals surface area contributed by atoms with Crippen molar-refractivity contribution in [2.24, 2.45) is 7.05 Å². The predicted octanol–water partition coefficient (Wildman–Crippen LogP) is -1.47. The van der Waals surface area contributed by atoms with Gasteiger partial charge < -0.3 is 14.8 Å². The molecule has 0 amide bonds. The molecule has 1 heterocycles. The largest absolute Gasteiger partial charge is 0.480 e. The number of aliphatic hydroxyl groups excluding tert-OH is 1. The summed E-state index contributed by atoms with van der Waals surface area (Å²) in [7, 11) is -2.39. The zero-order valence-electron chi connectivity index (χ0n) is 9.07. The summed E-state index contributed by atoms with van der Waals surface area (Å²) in [4.78, 5) is 14.4. The van der Waals surface area contributed by atoms with Crippen LogP contribution in [0.5, 0.6) is 0 Å². The van der Waals surface area contributed by atoms with Gasteiger partial charge in [0.05, 0.1) is 6.33 Å². The minimum Gasteiger partial charge on any atom is -0.480 e. The highest BCUT2D eigenvalue weighted by Crippen LogP contribution is 2.06. The summed E-state index contributed by atoms with van der Waals surface area (Å²) in [6.07, 6.45) is 2.33. The van der Waals surface area contributed by atoms with Crippen molar-refractivity contribution in [3.8, 4) is 0 Å². The van der Waals surface area contributed by atoms with E-state index in [0.717, 1.165) is 0 Å². The number of carbonyl (C=O) groups is 1. The summed E-state index contributed by atoms with van der Waals surface area (Å²) in [5.74, 6) is -1.35. The van der Waals surface area contributed by atoms with Gasteiger partial charge in [-0.15, -0.1) is 0 Å². The van der Waals surface area contributed by atoms with E-state index in [0.29, 0.717) is 0 Å². The third-order valence-corrected chi connectivity index (χ3v) is 3.33. The van der Waals surface area contributed by atoms with Gasteiger partial charge in [-0.05, 0) is 6.42 Å². The third-order valence-electron chi connectivity index (χ3n) is 1.97. The van der Waals surface area contributed by atoms with E-state index < -0.39 is 28.6 Å². The Morgan fingerprint density at radius 3 is 2.71 bits per heavy atom. The second-order valence-electron chi connectivity index (χ2n) is 3.40. The molecule has 0 unspecified atom stereocenters. The number of hydrogen-bond donors (Lipinski definition) is 3. The van der Waals surface area contributed by atoms with Crippen LogP contribution in [0.2, 0.25) is 0 Å². The second-order valence-corrected chi connectivity index (χ2v) is 5.06. The molecule has 0 aliphatic heterocycles. The molecule has 17 heavy (non-hydrogen) atoms. The highest BCUT2D eigenvalue weighted by molar-refractivity contribution is 7.89. The van der Waals surface area contributed by atoms with Crippen LogP contribution in [0.15, 0.2) is 17.6 Å². The molecule has 0 fully saturated rings. The van der Waals surface area contributed by atoms with Crippen LogP contribution in [0.3, 0.4) is 0 Å². The van der Waals surface area contributed by atoms with Crippen molar-refractivity contribution >= 4 is 16.0 Å². The van der Waals surface area contributed by atoms with Crippen LogP contribution in [0.1, 0.15) is 6.42 Å². The molecule has 96 valence electrons. The number of aromatic nitrogens is 2. The molecule has 0 radical (unpaired) electrons. The second kappa shape index (κ2) is 5.25. The van der Waals surface area contributed by atoms with Crippen LogP contribution >= 0.6 is 0 Å². The molecule has 3 N–H and O–H groups in total. The fourth-order valence-corrected chi connectivity index (χ4v) is 2.34. The molecular weight excluding hydrogens is 250 g/mol. The standard InChI is InChI=1S/C8H13N3O5S/c1-11-4-7(9-5-11)17(15,16)10-6(2-3-12)8(13)14/h4-6,10,12H,2-3H2,1H3,(H,13,14)/t6-/m0/s1. The normalized spacial score (nSPS) is 13.5. The van der Waals surface area contributed by atoms with Crippen molar-refractivity contribution < 1.29 is 23.4 Å². The molecule has 1 aromatic heterocycles. The summed E-state index contributed by atoms with van der Waals surface area (Å²) >= 11 is 0. The summed E-state index contributed by atoms with van der Waals surface area (Å²) < 4.78 is 26.8. The van der Waals surface area contributed by atoms with Gasteiger partial charge in [-0.25, -0.2) is 13.4 Å². The molecule has 0 bridgehead atoms. The minimum absolute atomic E-state index is 0.207. The molecule has 0 saturated carbocycles. The lowest BCUT2D eigenvalue weighted by molar-refractivity contribution is -0.139. The van der Waals surface area contributed by atoms with Gasteiger partial charge in [0.1, 0.15) is 6.04 Å². The molecule has 1 aromatic rings. The first-order valence-corrected chi connectivity index (χ1v) is 6.19. The zero-order chi connectivity index (χ0) is 13.1. The van der Waals surface area contributed by atoms with E-state index in [1.165, 1.54) is 17.1 Å². The SMILES string of the molecule is Cn1cnc(S(=O)(=O)N[C@@H](CCO)C(=O)O)c1. The van der Waals surface area contributed by atoms with Gasteiger partial charge in [-0.3, -0.25) is 4.79 Å². The molecule has 1 atom stereocenters. The van der Waals surface area contributed by atoms with Gasteiger partial charge in [-0.2, -0.15) is 4.72 Å². The van der Waals surface area contributed by atoms with Crippen LogP contribution in [0.25, 0.3) is 0 Å². The van der Waals surface area contributed by atoms with E-state index in [1.807, 2.05) is 4.72 Å². The lowest BCUT2D eigenvalue weighted by Crippen LogP contribution is -2.41. The maximum Gasteiger partial charge on any atom is 0.321 e. The number of carboxylic acids is 1. The Labute approximate surface area is 98.0 Å². The molecule has 0 aliphatic rings. The quantitative estimate of drug-likeness (QED) is 0.576. The average Bonchev–Trinajstić information content (AvgIpc) is 2.64. The van der Waals surface area contributed by atoms with Crippen LogP contribution in [0.4, 0.5) is 0 Å². The lowest BCUT2D eigenvalue weighted by atomic mass is 10.2. The number of aryl methyl sites for hydroxylation is 1. The molecule has 1 rings (SSSR count). The maximum atomic E-state index is 11.7. The van der Waals surface area contributed by atoms with Crippen LogP contribution in [-0.2, 0) is 21.9 Å². The van der Waals surface area contributed by atoms with E-state index in [9.17, 15) is 13.2 Å². The smallest absolute Gasteiger partial charge is 0.321 e. The molecule has 0 spiro atoms. The zero-order valence-corrected chi connectivity index (χ0v) is 9.88. The Hall–Kier alpha value is -1.45. The van der Waals surface area contributed by atoms with Crippen LogP contribution in [0, 0.1) is 0 Å². The van der Waals surface area contributed by atoms with Crippen molar-refractivity contribution in [2.45, 2.75) is 17.5 Å². The van der Waals surface area contributed by atoms with Crippen LogP contribution in [-0.4, -0.2) is 46.8 Å². The van der Waals surface area contributed by atoms with E-state index in [-0.39, 0.29) is 11.4 Å². The fourth-order valence-electron chi connectivity index (χ4n) is 1.14. The Bertz CT molecular complexity index is 495. The van der Waals surface area contributed by atoms with Gasteiger partial charge in [0.2, 0.25) is 0 Å². The summed E-state index contributed by atoms with van der Waals surface area (Å²) in [5.41, 5.74) is 0. The first-order chi connectivity index (χ1) is 7.86. The van der Waals surface area contributed by atoms with Gasteiger partial charge in [0.15, 0.2) is 5.03 Å². The lowest BCUT2D eigenvalue weighted by Gasteiger charge is -2.11. The molecule has 0 aliphatic carbocycles. The minimum atomic E-state index is -3.98. The molecule has 0 saturated heterocycles. The van der Waals surface area contributed by atoms with Crippen molar-refractivity contribution in [3.05, 3.63) is 12.5 Å². The van der Waals surface area contributed by atoms with Crippen molar-refractivity contribution in [1.82, 2.24) is 14.3 Å². The third kappa shape index (κ3) is 3.51. The number of aliphatic carboxylic acids is 1. The van der Waals surface area contributed by atoms with Crippen LogP contribution < -0.4 is 4.72 Å². The fraction of sp³-hybridized carbons (Fsp3) is 0.500. The number of aliphatic hydroxyl groups is 1. The Morgan fingerprint density at radius 1 is 1.65 bits per heavy atom. The van der Waals surface area contributed by atoms with E-state index in [1.54, 1.807) is 7.05 Å². The van der Waals surface area contributed by atoms with Gasteiger partial charge >= 0.3 is 5.97 Å². The topological polar surface area (TPSA) is 122 Å². The average molecular weight is 263 g/mol. The van der Waals surface area contributed by atoms with Crippen molar-refractivity contribution in [3.63, 3.8) is 0 Å². The number of nitrogens with zero attached hydrogens (tertiary/aromatic N) is 2. The van der Waals surface area contributed by atoms with Gasteiger partial charge in [0, 0.05) is 19.9 Å². The number of carboxylic acid groups (broad SMARTS) is 1. The van der Waals surface area contributed by atoms with Gasteiger partial charge in [0.25, 0.3) is 10.0 Å². The number of imidazole rings is 1. The molecular formula is C8H13N3O5S. The van der Waals surface area contributed by atoms with Crippen molar-refractivity contribution in [2.75, 3.05) is 6.61 Å². The summed E-state index contributed by atoms with van der Waals surface area (Å²) in [6.45, 7) is -0.429. The molecule has 9 heteroatoms. The molecule has 0 aromatic carbocycles. The first-order valence-electron chi connectivity index (χ1n) is 4.71. The highest BCUT2D eigenvalue weighted by atomic mass is 32.2. The van der Waals surface area contributed by atoms with E-state index >= 15 is 0 Å². The van der Waals surface area contributed by atoms with E-state index in [4.69, 9.17) is 10.2 Å². The Morgan fingerprint density at radius 2 is 2.29 bits per heavy atom. The molecule has 8 nitrogen and oxygen atoms in total. The number of sulfonamides is 1. The number of nitrogens with one attached hydrogen (secondary N) is 1. The predicted molar refractivity (Wildman–Crippen MR) is 56.7 cm³/mol. The number of rotatable bonds is 6. The Kier molecular flexibility index (Phi) is 4.21. The van der Waals surface area contributed by atoms with Crippen molar-refractivity contribution in [1.29, 1.82) is 0 Å². The highest BCUT2D eigenvalue weighted by Gasteiger charge is 2.26. The number of hydrogen-bond acceptors (Lipinski definition) is 5. The monoisotopic (exact) mass is 263 g/mol. The summed E-state index contributed by atoms with van der Waals surface area (Å²) in [5, 5.41) is 17.1. The Balaban J connectivity index is 2.88. The van der Waals surface area contributed by atoms with E-state index in [2.05, 4.69) is 4.98 Å².